The minimum Gasteiger partial charge on any atom is -0.493 e. The summed E-state index contributed by atoms with van der Waals surface area (Å²) < 4.78 is 28.3. The third-order valence-corrected chi connectivity index (χ3v) is 6.72. The van der Waals surface area contributed by atoms with Gasteiger partial charge in [0, 0.05) is 18.7 Å². The lowest BCUT2D eigenvalue weighted by atomic mass is 10.1. The zero-order valence-electron chi connectivity index (χ0n) is 19.3. The molecule has 2 rings (SSSR count). The lowest BCUT2D eigenvalue weighted by Crippen LogP contribution is -2.24. The molecule has 2 N–H and O–H groups in total. The van der Waals surface area contributed by atoms with E-state index in [1.807, 2.05) is 13.0 Å². The molecule has 2 aromatic rings. The number of benzene rings is 1. The summed E-state index contributed by atoms with van der Waals surface area (Å²) in [7, 11) is -3.60. The van der Waals surface area contributed by atoms with Gasteiger partial charge in [0.15, 0.2) is 5.69 Å². The highest BCUT2D eigenvalue weighted by molar-refractivity contribution is 7.89. The van der Waals surface area contributed by atoms with Crippen molar-refractivity contribution in [2.75, 3.05) is 6.54 Å². The molecule has 0 atom stereocenters. The Balaban J connectivity index is 2.31. The van der Waals surface area contributed by atoms with Crippen molar-refractivity contribution < 1.29 is 13.5 Å². The van der Waals surface area contributed by atoms with Crippen LogP contribution in [0.5, 0.6) is 5.88 Å². The van der Waals surface area contributed by atoms with Crippen molar-refractivity contribution in [2.24, 2.45) is 10.2 Å². The Hall–Kier alpha value is -3.03. The van der Waals surface area contributed by atoms with Crippen LogP contribution in [0.25, 0.3) is 0 Å². The highest BCUT2D eigenvalue weighted by Crippen LogP contribution is 2.27. The van der Waals surface area contributed by atoms with Gasteiger partial charge in [-0.2, -0.15) is 10.4 Å². The van der Waals surface area contributed by atoms with E-state index in [2.05, 4.69) is 21.9 Å². The quantitative estimate of drug-likeness (QED) is 0.337. The number of nitrogens with one attached hydrogen (secondary N) is 1. The third kappa shape index (κ3) is 6.73. The van der Waals surface area contributed by atoms with Crippen LogP contribution in [-0.4, -0.2) is 24.6 Å². The fourth-order valence-corrected chi connectivity index (χ4v) is 4.30. The van der Waals surface area contributed by atoms with E-state index < -0.39 is 15.6 Å². The summed E-state index contributed by atoms with van der Waals surface area (Å²) in [6, 6.07) is 7.74. The topological polar surface area (TPSA) is 137 Å². The van der Waals surface area contributed by atoms with Gasteiger partial charge in [-0.25, -0.2) is 13.1 Å². The summed E-state index contributed by atoms with van der Waals surface area (Å²) in [6.07, 6.45) is 5.27. The molecule has 33 heavy (non-hydrogen) atoms. The van der Waals surface area contributed by atoms with Crippen LogP contribution in [0.2, 0.25) is 0 Å². The molecule has 0 spiro atoms. The number of hydrogen-bond acceptors (Lipinski definition) is 7. The highest BCUT2D eigenvalue weighted by atomic mass is 32.2. The van der Waals surface area contributed by atoms with E-state index in [4.69, 9.17) is 0 Å². The molecular formula is C23H31N5O4S. The summed E-state index contributed by atoms with van der Waals surface area (Å²) in [5, 5.41) is 28.0. The summed E-state index contributed by atoms with van der Waals surface area (Å²) >= 11 is 0. The maximum atomic E-state index is 12.9. The number of nitrogens with zero attached hydrogens (tertiary/aromatic N) is 4. The van der Waals surface area contributed by atoms with Crippen molar-refractivity contribution in [3.05, 3.63) is 45.7 Å². The fraction of sp³-hybridized carbons (Fsp3) is 0.478. The van der Waals surface area contributed by atoms with Gasteiger partial charge in [-0.1, -0.05) is 39.5 Å². The highest BCUT2D eigenvalue weighted by Gasteiger charge is 2.19. The van der Waals surface area contributed by atoms with Crippen LogP contribution in [0.1, 0.15) is 63.5 Å². The standard InChI is InChI=1S/C23H31N5O4S/c1-4-6-8-9-15-28-22(29)20(16-24)17(3)21(23(28)30)27-26-18-10-12-19(13-11-18)33(31,32)25-14-7-5-2/h10-13,25,29H,4-9,14-15H2,1-3H3. The van der Waals surface area contributed by atoms with Crippen LogP contribution in [0.3, 0.4) is 0 Å². The van der Waals surface area contributed by atoms with Crippen molar-refractivity contribution >= 4 is 21.4 Å². The predicted octanol–water partition coefficient (Wildman–Crippen LogP) is 4.81. The smallest absolute Gasteiger partial charge is 0.281 e. The van der Waals surface area contributed by atoms with E-state index in [-0.39, 0.29) is 34.1 Å². The minimum absolute atomic E-state index is 0.0152. The van der Waals surface area contributed by atoms with Crippen LogP contribution in [0.15, 0.2) is 44.2 Å². The Morgan fingerprint density at radius 3 is 2.33 bits per heavy atom. The Labute approximate surface area is 194 Å². The maximum absolute atomic E-state index is 12.9. The zero-order chi connectivity index (χ0) is 24.4. The lowest BCUT2D eigenvalue weighted by Gasteiger charge is -2.12. The van der Waals surface area contributed by atoms with E-state index in [9.17, 15) is 23.6 Å². The Morgan fingerprint density at radius 2 is 1.73 bits per heavy atom. The first-order valence-corrected chi connectivity index (χ1v) is 12.6. The molecular weight excluding hydrogens is 442 g/mol. The molecule has 178 valence electrons. The fourth-order valence-electron chi connectivity index (χ4n) is 3.23. The van der Waals surface area contributed by atoms with Crippen molar-refractivity contribution in [3.63, 3.8) is 0 Å². The van der Waals surface area contributed by atoms with Crippen LogP contribution in [0.4, 0.5) is 11.4 Å². The largest absolute Gasteiger partial charge is 0.493 e. The molecule has 1 aromatic heterocycles. The van der Waals surface area contributed by atoms with E-state index in [1.165, 1.54) is 31.2 Å². The Morgan fingerprint density at radius 1 is 1.06 bits per heavy atom. The number of azo groups is 1. The average Bonchev–Trinajstić information content (AvgIpc) is 2.79. The zero-order valence-corrected chi connectivity index (χ0v) is 20.2. The van der Waals surface area contributed by atoms with E-state index in [0.717, 1.165) is 36.7 Å². The van der Waals surface area contributed by atoms with Crippen LogP contribution in [0, 0.1) is 18.3 Å². The molecule has 0 saturated carbocycles. The first-order valence-electron chi connectivity index (χ1n) is 11.1. The van der Waals surface area contributed by atoms with Crippen LogP contribution in [-0.2, 0) is 16.6 Å². The summed E-state index contributed by atoms with van der Waals surface area (Å²) in [5.41, 5.74) is 0.0234. The second kappa shape index (κ2) is 12.3. The number of unbranched alkanes of at least 4 members (excludes halogenated alkanes) is 4. The van der Waals surface area contributed by atoms with Gasteiger partial charge in [0.05, 0.1) is 10.6 Å². The molecule has 0 amide bonds. The molecule has 1 heterocycles. The maximum Gasteiger partial charge on any atom is 0.281 e. The molecule has 10 heteroatoms. The predicted molar refractivity (Wildman–Crippen MR) is 127 cm³/mol. The summed E-state index contributed by atoms with van der Waals surface area (Å²) in [6.45, 7) is 6.23. The molecule has 0 fully saturated rings. The number of hydrogen-bond donors (Lipinski definition) is 2. The van der Waals surface area contributed by atoms with E-state index >= 15 is 0 Å². The van der Waals surface area contributed by atoms with Crippen molar-refractivity contribution in [1.29, 1.82) is 5.26 Å². The average molecular weight is 474 g/mol. The van der Waals surface area contributed by atoms with Gasteiger partial charge in [-0.05, 0) is 44.0 Å². The van der Waals surface area contributed by atoms with Gasteiger partial charge in [-0.3, -0.25) is 9.36 Å². The third-order valence-electron chi connectivity index (χ3n) is 5.24. The SMILES string of the molecule is CCCCCCn1c(O)c(C#N)c(C)c(N=Nc2ccc(S(=O)(=O)NCCCC)cc2)c1=O. The second-order valence-corrected chi connectivity index (χ2v) is 9.51. The van der Waals surface area contributed by atoms with Gasteiger partial charge >= 0.3 is 0 Å². The molecule has 0 radical (unpaired) electrons. The summed E-state index contributed by atoms with van der Waals surface area (Å²) in [5.74, 6) is -0.361. The molecule has 0 aliphatic rings. The van der Waals surface area contributed by atoms with Crippen molar-refractivity contribution in [2.45, 2.75) is 70.7 Å². The number of nitriles is 1. The first kappa shape index (κ1) is 26.2. The van der Waals surface area contributed by atoms with Crippen molar-refractivity contribution in [1.82, 2.24) is 9.29 Å². The van der Waals surface area contributed by atoms with Crippen LogP contribution < -0.4 is 10.3 Å². The molecule has 0 aliphatic heterocycles. The van der Waals surface area contributed by atoms with Gasteiger partial charge < -0.3 is 5.11 Å². The second-order valence-electron chi connectivity index (χ2n) is 7.75. The lowest BCUT2D eigenvalue weighted by molar-refractivity contribution is 0.397. The molecule has 0 saturated heterocycles. The van der Waals surface area contributed by atoms with Gasteiger partial charge in [0.25, 0.3) is 5.56 Å². The molecule has 0 bridgehead atoms. The first-order chi connectivity index (χ1) is 15.8. The number of pyridine rings is 1. The van der Waals surface area contributed by atoms with Crippen LogP contribution >= 0.6 is 0 Å². The van der Waals surface area contributed by atoms with Crippen molar-refractivity contribution in [3.8, 4) is 11.9 Å². The van der Waals surface area contributed by atoms with Gasteiger partial charge in [0.1, 0.15) is 11.6 Å². The van der Waals surface area contributed by atoms with Gasteiger partial charge in [0.2, 0.25) is 15.9 Å². The molecule has 1 aromatic carbocycles. The summed E-state index contributed by atoms with van der Waals surface area (Å²) in [4.78, 5) is 13.0. The molecule has 0 aliphatic carbocycles. The minimum atomic E-state index is -3.60. The number of sulfonamides is 1. The number of aromatic hydroxyl groups is 1. The molecule has 9 nitrogen and oxygen atoms in total. The normalized spacial score (nSPS) is 11.7. The Kier molecular flexibility index (Phi) is 9.75. The molecule has 0 unspecified atom stereocenters. The van der Waals surface area contributed by atoms with E-state index in [1.54, 1.807) is 0 Å². The van der Waals surface area contributed by atoms with Gasteiger partial charge in [-0.15, -0.1) is 5.11 Å². The Bertz CT molecular complexity index is 1180. The number of aromatic nitrogens is 1. The number of rotatable bonds is 12. The van der Waals surface area contributed by atoms with E-state index in [0.29, 0.717) is 18.7 Å². The monoisotopic (exact) mass is 473 g/mol.